The molecule has 2 atom stereocenters. The molecular formula is C13H19N3O2. The molecule has 0 spiro atoms. The van der Waals surface area contributed by atoms with Crippen LogP contribution in [0.2, 0.25) is 0 Å². The van der Waals surface area contributed by atoms with E-state index >= 15 is 0 Å². The molecule has 0 radical (unpaired) electrons. The molecule has 1 aromatic carbocycles. The van der Waals surface area contributed by atoms with Gasteiger partial charge in [0.25, 0.3) is 0 Å². The summed E-state index contributed by atoms with van der Waals surface area (Å²) in [5, 5.41) is 12.6. The molecule has 1 fully saturated rings. The van der Waals surface area contributed by atoms with Gasteiger partial charge in [0.2, 0.25) is 0 Å². The van der Waals surface area contributed by atoms with E-state index in [9.17, 15) is 9.90 Å². The second-order valence-electron chi connectivity index (χ2n) is 4.75. The number of nitrogens with two attached hydrogens (primary N) is 1. The number of hydrogen-bond acceptors (Lipinski definition) is 4. The molecule has 1 unspecified atom stereocenters. The standard InChI is InChI=1S/C13H19N3O2/c14-16-11-3-1-2-9(6-11)7-12(13(17)18)10-4-5-15-8-10/h1-3,6,10,12,15-16H,4-5,7-8,14H2,(H,17,18)/t10-,12?/m0/s1. The quantitative estimate of drug-likeness (QED) is 0.458. The molecule has 0 bridgehead atoms. The van der Waals surface area contributed by atoms with Crippen LogP contribution >= 0.6 is 0 Å². The summed E-state index contributed by atoms with van der Waals surface area (Å²) in [6, 6.07) is 7.59. The summed E-state index contributed by atoms with van der Waals surface area (Å²) in [6.45, 7) is 1.71. The summed E-state index contributed by atoms with van der Waals surface area (Å²) in [5.41, 5.74) is 4.39. The first-order valence-electron chi connectivity index (χ1n) is 6.20. The zero-order chi connectivity index (χ0) is 13.0. The van der Waals surface area contributed by atoms with Gasteiger partial charge < -0.3 is 15.8 Å². The molecule has 18 heavy (non-hydrogen) atoms. The molecule has 1 heterocycles. The van der Waals surface area contributed by atoms with E-state index in [2.05, 4.69) is 10.7 Å². The smallest absolute Gasteiger partial charge is 0.307 e. The Morgan fingerprint density at radius 3 is 3.06 bits per heavy atom. The topological polar surface area (TPSA) is 87.4 Å². The van der Waals surface area contributed by atoms with Crippen LogP contribution in [0.25, 0.3) is 0 Å². The van der Waals surface area contributed by atoms with Gasteiger partial charge in [-0.1, -0.05) is 12.1 Å². The first-order valence-corrected chi connectivity index (χ1v) is 6.20. The molecule has 0 amide bonds. The van der Waals surface area contributed by atoms with Gasteiger partial charge in [-0.3, -0.25) is 10.6 Å². The van der Waals surface area contributed by atoms with Crippen LogP contribution in [-0.4, -0.2) is 24.2 Å². The van der Waals surface area contributed by atoms with Gasteiger partial charge in [0.05, 0.1) is 5.92 Å². The maximum atomic E-state index is 11.4. The Kier molecular flexibility index (Phi) is 4.17. The van der Waals surface area contributed by atoms with Crippen molar-refractivity contribution in [2.75, 3.05) is 18.5 Å². The van der Waals surface area contributed by atoms with Gasteiger partial charge >= 0.3 is 5.97 Å². The van der Waals surface area contributed by atoms with Crippen molar-refractivity contribution in [2.45, 2.75) is 12.8 Å². The Hall–Kier alpha value is -1.59. The minimum absolute atomic E-state index is 0.219. The van der Waals surface area contributed by atoms with Gasteiger partial charge in [-0.25, -0.2) is 0 Å². The Bertz CT molecular complexity index is 416. The zero-order valence-corrected chi connectivity index (χ0v) is 10.2. The lowest BCUT2D eigenvalue weighted by molar-refractivity contribution is -0.143. The molecule has 0 aliphatic carbocycles. The summed E-state index contributed by atoms with van der Waals surface area (Å²) in [4.78, 5) is 11.4. The number of aliphatic carboxylic acids is 1. The Morgan fingerprint density at radius 2 is 2.44 bits per heavy atom. The summed E-state index contributed by atoms with van der Waals surface area (Å²) in [5.74, 6) is 4.54. The van der Waals surface area contributed by atoms with Crippen LogP contribution in [0.15, 0.2) is 24.3 Å². The van der Waals surface area contributed by atoms with E-state index in [4.69, 9.17) is 5.84 Å². The molecule has 5 N–H and O–H groups in total. The fraction of sp³-hybridized carbons (Fsp3) is 0.462. The molecule has 1 aromatic rings. The largest absolute Gasteiger partial charge is 0.481 e. The second-order valence-corrected chi connectivity index (χ2v) is 4.75. The molecule has 1 saturated heterocycles. The lowest BCUT2D eigenvalue weighted by atomic mass is 9.86. The number of carboxylic acids is 1. The molecule has 98 valence electrons. The summed E-state index contributed by atoms with van der Waals surface area (Å²) >= 11 is 0. The summed E-state index contributed by atoms with van der Waals surface area (Å²) in [6.07, 6.45) is 1.49. The van der Waals surface area contributed by atoms with Crippen LogP contribution < -0.4 is 16.6 Å². The van der Waals surface area contributed by atoms with Gasteiger partial charge in [0.15, 0.2) is 0 Å². The van der Waals surface area contributed by atoms with Crippen molar-refractivity contribution in [3.8, 4) is 0 Å². The van der Waals surface area contributed by atoms with Crippen molar-refractivity contribution in [1.82, 2.24) is 5.32 Å². The number of rotatable bonds is 5. The fourth-order valence-electron chi connectivity index (χ4n) is 2.52. The number of anilines is 1. The first-order chi connectivity index (χ1) is 8.70. The molecule has 5 nitrogen and oxygen atoms in total. The fourth-order valence-corrected chi connectivity index (χ4v) is 2.52. The molecule has 5 heteroatoms. The Morgan fingerprint density at radius 1 is 1.61 bits per heavy atom. The van der Waals surface area contributed by atoms with Crippen LogP contribution in [0.5, 0.6) is 0 Å². The monoisotopic (exact) mass is 249 g/mol. The number of hydrazine groups is 1. The third kappa shape index (κ3) is 3.00. The third-order valence-corrected chi connectivity index (χ3v) is 3.53. The average Bonchev–Trinajstić information content (AvgIpc) is 2.89. The predicted octanol–water partition coefficient (Wildman–Crippen LogP) is 0.825. The highest BCUT2D eigenvalue weighted by Crippen LogP contribution is 2.24. The maximum absolute atomic E-state index is 11.4. The van der Waals surface area contributed by atoms with E-state index in [0.29, 0.717) is 6.42 Å². The number of nitrogen functional groups attached to an aromatic ring is 1. The minimum atomic E-state index is -0.713. The van der Waals surface area contributed by atoms with Gasteiger partial charge in [-0.2, -0.15) is 0 Å². The van der Waals surface area contributed by atoms with Crippen LogP contribution in [0.3, 0.4) is 0 Å². The molecule has 2 rings (SSSR count). The van der Waals surface area contributed by atoms with E-state index in [-0.39, 0.29) is 11.8 Å². The third-order valence-electron chi connectivity index (χ3n) is 3.53. The molecular weight excluding hydrogens is 230 g/mol. The lowest BCUT2D eigenvalue weighted by Gasteiger charge is -2.18. The number of hydrogen-bond donors (Lipinski definition) is 4. The van der Waals surface area contributed by atoms with Crippen molar-refractivity contribution in [3.05, 3.63) is 29.8 Å². The first kappa shape index (κ1) is 12.9. The maximum Gasteiger partial charge on any atom is 0.307 e. The number of nitrogens with one attached hydrogen (secondary N) is 2. The van der Waals surface area contributed by atoms with Crippen LogP contribution in [0.4, 0.5) is 5.69 Å². The van der Waals surface area contributed by atoms with E-state index < -0.39 is 5.97 Å². The van der Waals surface area contributed by atoms with Crippen LogP contribution in [-0.2, 0) is 11.2 Å². The van der Waals surface area contributed by atoms with E-state index in [1.54, 1.807) is 0 Å². The van der Waals surface area contributed by atoms with Crippen molar-refractivity contribution in [2.24, 2.45) is 17.7 Å². The Balaban J connectivity index is 2.10. The summed E-state index contributed by atoms with van der Waals surface area (Å²) in [7, 11) is 0. The highest BCUT2D eigenvalue weighted by atomic mass is 16.4. The zero-order valence-electron chi connectivity index (χ0n) is 10.2. The molecule has 1 aliphatic heterocycles. The van der Waals surface area contributed by atoms with Crippen molar-refractivity contribution in [3.63, 3.8) is 0 Å². The van der Waals surface area contributed by atoms with Crippen molar-refractivity contribution >= 4 is 11.7 Å². The van der Waals surface area contributed by atoms with E-state index in [1.807, 2.05) is 24.3 Å². The van der Waals surface area contributed by atoms with Crippen LogP contribution in [0.1, 0.15) is 12.0 Å². The SMILES string of the molecule is NNc1cccc(CC(C(=O)O)[C@H]2CCNC2)c1. The van der Waals surface area contributed by atoms with Gasteiger partial charge in [-0.15, -0.1) is 0 Å². The van der Waals surface area contributed by atoms with E-state index in [0.717, 1.165) is 30.8 Å². The van der Waals surface area contributed by atoms with E-state index in [1.165, 1.54) is 0 Å². The average molecular weight is 249 g/mol. The molecule has 0 aromatic heterocycles. The van der Waals surface area contributed by atoms with Gasteiger partial charge in [-0.05, 0) is 49.5 Å². The highest BCUT2D eigenvalue weighted by molar-refractivity contribution is 5.71. The Labute approximate surface area is 106 Å². The lowest BCUT2D eigenvalue weighted by Crippen LogP contribution is -2.27. The number of carboxylic acid groups (broad SMARTS) is 1. The molecule has 0 saturated carbocycles. The predicted molar refractivity (Wildman–Crippen MR) is 70.1 cm³/mol. The second kappa shape index (κ2) is 5.84. The normalized spacial score (nSPS) is 20.6. The minimum Gasteiger partial charge on any atom is -0.481 e. The van der Waals surface area contributed by atoms with Gasteiger partial charge in [0, 0.05) is 5.69 Å². The van der Waals surface area contributed by atoms with Crippen molar-refractivity contribution < 1.29 is 9.90 Å². The number of carbonyl (C=O) groups is 1. The molecule has 1 aliphatic rings. The van der Waals surface area contributed by atoms with Crippen LogP contribution in [0, 0.1) is 11.8 Å². The van der Waals surface area contributed by atoms with Gasteiger partial charge in [0.1, 0.15) is 0 Å². The number of benzene rings is 1. The summed E-state index contributed by atoms with van der Waals surface area (Å²) < 4.78 is 0. The highest BCUT2D eigenvalue weighted by Gasteiger charge is 2.30. The van der Waals surface area contributed by atoms with Crippen molar-refractivity contribution in [1.29, 1.82) is 0 Å².